The van der Waals surface area contributed by atoms with Gasteiger partial charge in [0, 0.05) is 22.8 Å². The maximum Gasteiger partial charge on any atom is 0.138 e. The van der Waals surface area contributed by atoms with Crippen molar-refractivity contribution < 1.29 is 4.74 Å². The number of pyridine rings is 1. The molecule has 1 aromatic heterocycles. The fraction of sp³-hybridized carbons (Fsp3) is 0.583. The van der Waals surface area contributed by atoms with Crippen molar-refractivity contribution in [2.45, 2.75) is 24.9 Å². The Morgan fingerprint density at radius 3 is 2.94 bits per heavy atom. The second kappa shape index (κ2) is 5.12. The molecule has 17 heavy (non-hydrogen) atoms. The van der Waals surface area contributed by atoms with Crippen LogP contribution in [0.2, 0.25) is 0 Å². The van der Waals surface area contributed by atoms with Crippen molar-refractivity contribution in [2.75, 3.05) is 13.7 Å². The van der Waals surface area contributed by atoms with Gasteiger partial charge in [-0.2, -0.15) is 0 Å². The molecule has 2 heterocycles. The van der Waals surface area contributed by atoms with Crippen LogP contribution in [-0.4, -0.2) is 35.6 Å². The van der Waals surface area contributed by atoms with E-state index in [0.29, 0.717) is 6.04 Å². The minimum absolute atomic E-state index is 0. The fourth-order valence-corrected chi connectivity index (χ4v) is 2.96. The number of hydrogen-bond acceptors (Lipinski definition) is 3. The molecule has 1 aliphatic carbocycles. The van der Waals surface area contributed by atoms with E-state index in [4.69, 9.17) is 4.74 Å². The molecule has 1 saturated carbocycles. The molecule has 3 atom stereocenters. The summed E-state index contributed by atoms with van der Waals surface area (Å²) in [6.07, 6.45) is 6.22. The summed E-state index contributed by atoms with van der Waals surface area (Å²) >= 11 is 3.39. The summed E-state index contributed by atoms with van der Waals surface area (Å²) in [6, 6.07) is 3.39. The molecule has 0 N–H and O–H groups in total. The lowest BCUT2D eigenvalue weighted by atomic mass is 10.2. The number of aromatic nitrogens is 1. The first-order valence-corrected chi connectivity index (χ1v) is 6.48. The van der Waals surface area contributed by atoms with Crippen molar-refractivity contribution in [3.8, 4) is 5.75 Å². The highest BCUT2D eigenvalue weighted by molar-refractivity contribution is 9.10. The Balaban J connectivity index is 0.00000108. The number of hydrogen-bond donors (Lipinski definition) is 0. The van der Waals surface area contributed by atoms with Crippen LogP contribution in [-0.2, 0) is 0 Å². The number of halogens is 2. The topological polar surface area (TPSA) is 25.4 Å². The van der Waals surface area contributed by atoms with E-state index < -0.39 is 0 Å². The Kier molecular flexibility index (Phi) is 3.95. The molecule has 3 rings (SSSR count). The molecule has 2 aliphatic rings. The van der Waals surface area contributed by atoms with Crippen molar-refractivity contribution >= 4 is 28.3 Å². The Bertz CT molecular complexity index is 404. The second-order valence-corrected chi connectivity index (χ2v) is 5.68. The lowest BCUT2D eigenvalue weighted by Gasteiger charge is -2.22. The quantitative estimate of drug-likeness (QED) is 0.856. The van der Waals surface area contributed by atoms with Gasteiger partial charge in [0.15, 0.2) is 0 Å². The molecule has 94 valence electrons. The van der Waals surface area contributed by atoms with Gasteiger partial charge in [-0.05, 0) is 47.8 Å². The number of fused-ring (bicyclic) bond motifs is 1. The molecule has 1 aliphatic heterocycles. The monoisotopic (exact) mass is 318 g/mol. The summed E-state index contributed by atoms with van der Waals surface area (Å²) in [7, 11) is 2.21. The molecule has 0 bridgehead atoms. The van der Waals surface area contributed by atoms with Gasteiger partial charge in [-0.25, -0.2) is 0 Å². The highest BCUT2D eigenvalue weighted by Gasteiger charge is 2.50. The van der Waals surface area contributed by atoms with Crippen LogP contribution in [0.25, 0.3) is 0 Å². The Morgan fingerprint density at radius 2 is 2.29 bits per heavy atom. The third-order valence-electron chi connectivity index (χ3n) is 3.68. The van der Waals surface area contributed by atoms with Gasteiger partial charge >= 0.3 is 0 Å². The number of ether oxygens (including phenoxy) is 1. The van der Waals surface area contributed by atoms with Crippen LogP contribution in [0.4, 0.5) is 0 Å². The van der Waals surface area contributed by atoms with Crippen LogP contribution in [0.5, 0.6) is 5.75 Å². The first-order valence-electron chi connectivity index (χ1n) is 5.69. The van der Waals surface area contributed by atoms with Gasteiger partial charge in [0.2, 0.25) is 0 Å². The molecule has 0 spiro atoms. The smallest absolute Gasteiger partial charge is 0.138 e. The lowest BCUT2D eigenvalue weighted by molar-refractivity contribution is 0.176. The molecule has 0 unspecified atom stereocenters. The van der Waals surface area contributed by atoms with E-state index in [9.17, 15) is 0 Å². The predicted octanol–water partition coefficient (Wildman–Crippen LogP) is 2.74. The van der Waals surface area contributed by atoms with E-state index in [0.717, 1.165) is 28.8 Å². The highest BCUT2D eigenvalue weighted by Crippen LogP contribution is 2.46. The fourth-order valence-electron chi connectivity index (χ4n) is 2.62. The summed E-state index contributed by atoms with van der Waals surface area (Å²) in [5, 5.41) is 0. The molecule has 3 nitrogen and oxygen atoms in total. The number of likely N-dealkylation sites (tertiary alicyclic amines) is 1. The highest BCUT2D eigenvalue weighted by atomic mass is 79.9. The van der Waals surface area contributed by atoms with E-state index in [1.165, 1.54) is 12.8 Å². The maximum absolute atomic E-state index is 5.78. The van der Waals surface area contributed by atoms with Gasteiger partial charge in [0.1, 0.15) is 12.4 Å². The van der Waals surface area contributed by atoms with Crippen molar-refractivity contribution in [1.82, 2.24) is 9.88 Å². The Hall–Kier alpha value is -0.320. The van der Waals surface area contributed by atoms with Crippen molar-refractivity contribution in [2.24, 2.45) is 5.92 Å². The average Bonchev–Trinajstić information content (AvgIpc) is 2.96. The standard InChI is InChI=1S/C12H15BrN2O.ClH/c1-15-10(2-8-3-12(8)15)7-16-11-4-9(13)5-14-6-11;/h4-6,8,10,12H,2-3,7H2,1H3;1H/t8-,10-,12+;/m0./s1. The molecule has 0 radical (unpaired) electrons. The zero-order chi connectivity index (χ0) is 11.1. The molecule has 0 aromatic carbocycles. The van der Waals surface area contributed by atoms with E-state index in [2.05, 4.69) is 32.9 Å². The number of piperidine rings is 1. The van der Waals surface area contributed by atoms with Crippen molar-refractivity contribution in [3.05, 3.63) is 22.9 Å². The molecule has 5 heteroatoms. The van der Waals surface area contributed by atoms with Gasteiger partial charge in [0.05, 0.1) is 6.20 Å². The second-order valence-electron chi connectivity index (χ2n) is 4.77. The summed E-state index contributed by atoms with van der Waals surface area (Å²) in [4.78, 5) is 6.56. The molecule has 1 saturated heterocycles. The molecular weight excluding hydrogens is 304 g/mol. The van der Waals surface area contributed by atoms with Crippen molar-refractivity contribution in [3.63, 3.8) is 0 Å². The van der Waals surface area contributed by atoms with Crippen LogP contribution in [0, 0.1) is 5.92 Å². The number of likely N-dealkylation sites (N-methyl/N-ethyl adjacent to an activating group) is 1. The van der Waals surface area contributed by atoms with Crippen LogP contribution in [0.15, 0.2) is 22.9 Å². The maximum atomic E-state index is 5.78. The molecule has 1 aromatic rings. The number of rotatable bonds is 3. The summed E-state index contributed by atoms with van der Waals surface area (Å²) < 4.78 is 6.74. The average molecular weight is 320 g/mol. The van der Waals surface area contributed by atoms with E-state index in [-0.39, 0.29) is 12.4 Å². The summed E-state index contributed by atoms with van der Waals surface area (Å²) in [5.41, 5.74) is 0. The van der Waals surface area contributed by atoms with E-state index >= 15 is 0 Å². The van der Waals surface area contributed by atoms with E-state index in [1.54, 1.807) is 12.4 Å². The molecule has 2 fully saturated rings. The first-order chi connectivity index (χ1) is 7.74. The zero-order valence-corrected chi connectivity index (χ0v) is 12.1. The first kappa shape index (κ1) is 13.1. The zero-order valence-electron chi connectivity index (χ0n) is 9.67. The van der Waals surface area contributed by atoms with Crippen molar-refractivity contribution in [1.29, 1.82) is 0 Å². The van der Waals surface area contributed by atoms with Crippen LogP contribution < -0.4 is 4.74 Å². The van der Waals surface area contributed by atoms with E-state index in [1.807, 2.05) is 6.07 Å². The Morgan fingerprint density at radius 1 is 1.47 bits per heavy atom. The minimum Gasteiger partial charge on any atom is -0.490 e. The predicted molar refractivity (Wildman–Crippen MR) is 72.7 cm³/mol. The third-order valence-corrected chi connectivity index (χ3v) is 4.12. The third kappa shape index (κ3) is 2.75. The van der Waals surface area contributed by atoms with Crippen LogP contribution in [0.3, 0.4) is 0 Å². The van der Waals surface area contributed by atoms with Gasteiger partial charge in [0.25, 0.3) is 0 Å². The molecule has 0 amide bonds. The summed E-state index contributed by atoms with van der Waals surface area (Å²) in [6.45, 7) is 0.779. The normalized spacial score (nSPS) is 30.6. The van der Waals surface area contributed by atoms with Crippen LogP contribution >= 0.6 is 28.3 Å². The van der Waals surface area contributed by atoms with Gasteiger partial charge in [-0.3, -0.25) is 9.88 Å². The van der Waals surface area contributed by atoms with Gasteiger partial charge in [-0.1, -0.05) is 0 Å². The largest absolute Gasteiger partial charge is 0.490 e. The molecular formula is C12H16BrClN2O. The Labute approximate surface area is 116 Å². The summed E-state index contributed by atoms with van der Waals surface area (Å²) in [5.74, 6) is 1.79. The SMILES string of the molecule is CN1[C@H](COc2cncc(Br)c2)C[C@H]2C[C@H]21.Cl. The minimum atomic E-state index is 0. The lowest BCUT2D eigenvalue weighted by Crippen LogP contribution is -2.33. The van der Waals surface area contributed by atoms with Crippen LogP contribution in [0.1, 0.15) is 12.8 Å². The number of nitrogens with zero attached hydrogens (tertiary/aromatic N) is 2. The van der Waals surface area contributed by atoms with Gasteiger partial charge in [-0.15, -0.1) is 12.4 Å². The van der Waals surface area contributed by atoms with Gasteiger partial charge < -0.3 is 4.74 Å².